The average molecular weight is 625 g/mol. The molecule has 0 fully saturated rings. The summed E-state index contributed by atoms with van der Waals surface area (Å²) in [6.07, 6.45) is 3.60. The number of aliphatic imine (C=N–C) groups is 2. The van der Waals surface area contributed by atoms with E-state index in [-0.39, 0.29) is 22.3 Å². The molecule has 230 valence electrons. The molecule has 0 aliphatic heterocycles. The van der Waals surface area contributed by atoms with Gasteiger partial charge in [0.05, 0.1) is 11.4 Å². The molecule has 44 heavy (non-hydrogen) atoms. The Hall–Kier alpha value is -3.48. The maximum Gasteiger partial charge on any atom is 0.124 e. The van der Waals surface area contributed by atoms with Crippen molar-refractivity contribution in [2.45, 2.75) is 76.0 Å². The molecule has 0 heterocycles. The highest BCUT2D eigenvalue weighted by Crippen LogP contribution is 2.36. The van der Waals surface area contributed by atoms with Crippen molar-refractivity contribution in [1.82, 2.24) is 0 Å². The third-order valence-corrected chi connectivity index (χ3v) is 9.60. The van der Waals surface area contributed by atoms with E-state index in [1.807, 2.05) is 50.2 Å². The quantitative estimate of drug-likeness (QED) is 0.110. The van der Waals surface area contributed by atoms with Gasteiger partial charge in [-0.25, -0.2) is 0 Å². The third kappa shape index (κ3) is 8.58. The molecule has 0 aromatic heterocycles. The molecule has 4 nitrogen and oxygen atoms in total. The van der Waals surface area contributed by atoms with Crippen molar-refractivity contribution in [2.24, 2.45) is 9.98 Å². The lowest BCUT2D eigenvalue weighted by Gasteiger charge is -2.23. The van der Waals surface area contributed by atoms with Crippen LogP contribution in [0.15, 0.2) is 92.6 Å². The number of benzene rings is 4. The van der Waals surface area contributed by atoms with Gasteiger partial charge in [0.1, 0.15) is 11.5 Å². The van der Waals surface area contributed by atoms with Crippen LogP contribution in [0.5, 0.6) is 11.5 Å². The van der Waals surface area contributed by atoms with Crippen LogP contribution in [0.4, 0.5) is 11.4 Å². The summed E-state index contributed by atoms with van der Waals surface area (Å²) in [7, 11) is 0. The molecule has 0 spiro atoms. The largest absolute Gasteiger partial charge is 0.507 e. The first-order valence-electron chi connectivity index (χ1n) is 14.9. The first-order valence-corrected chi connectivity index (χ1v) is 16.9. The minimum Gasteiger partial charge on any atom is -0.507 e. The van der Waals surface area contributed by atoms with Crippen LogP contribution in [0, 0.1) is 13.8 Å². The normalized spacial score (nSPS) is 12.5. The van der Waals surface area contributed by atoms with Crippen molar-refractivity contribution in [3.05, 3.63) is 106 Å². The van der Waals surface area contributed by atoms with E-state index in [4.69, 9.17) is 9.98 Å². The number of nitrogens with zero attached hydrogens (tertiary/aromatic N) is 2. The Morgan fingerprint density at radius 2 is 0.955 bits per heavy atom. The molecule has 6 heteroatoms. The molecule has 0 bridgehead atoms. The highest BCUT2D eigenvalue weighted by molar-refractivity contribution is 8.03. The molecular formula is C38H44N2O2S2. The van der Waals surface area contributed by atoms with Gasteiger partial charge in [0, 0.05) is 44.9 Å². The molecule has 4 aromatic rings. The van der Waals surface area contributed by atoms with E-state index < -0.39 is 0 Å². The van der Waals surface area contributed by atoms with Gasteiger partial charge >= 0.3 is 0 Å². The van der Waals surface area contributed by atoms with Crippen molar-refractivity contribution >= 4 is 47.3 Å². The van der Waals surface area contributed by atoms with Gasteiger partial charge in [-0.2, -0.15) is 0 Å². The van der Waals surface area contributed by atoms with Gasteiger partial charge < -0.3 is 10.2 Å². The van der Waals surface area contributed by atoms with Crippen LogP contribution in [0.1, 0.15) is 74.9 Å². The zero-order valence-corrected chi connectivity index (χ0v) is 28.7. The van der Waals surface area contributed by atoms with Gasteiger partial charge in [0.15, 0.2) is 0 Å². The van der Waals surface area contributed by atoms with E-state index >= 15 is 0 Å². The van der Waals surface area contributed by atoms with Gasteiger partial charge in [-0.3, -0.25) is 9.98 Å². The van der Waals surface area contributed by atoms with Crippen LogP contribution >= 0.6 is 23.5 Å². The topological polar surface area (TPSA) is 65.2 Å². The number of rotatable bonds is 9. The summed E-state index contributed by atoms with van der Waals surface area (Å²) < 4.78 is 0. The lowest BCUT2D eigenvalue weighted by atomic mass is 9.82. The molecule has 0 unspecified atom stereocenters. The molecule has 0 saturated carbocycles. The smallest absolute Gasteiger partial charge is 0.124 e. The molecule has 0 saturated heterocycles. The Morgan fingerprint density at radius 3 is 1.32 bits per heavy atom. The lowest BCUT2D eigenvalue weighted by Crippen LogP contribution is -2.14. The summed E-state index contributed by atoms with van der Waals surface area (Å²) in [6.45, 7) is 16.9. The Balaban J connectivity index is 1.47. The van der Waals surface area contributed by atoms with Crippen molar-refractivity contribution in [3.8, 4) is 11.5 Å². The van der Waals surface area contributed by atoms with E-state index in [1.54, 1.807) is 48.1 Å². The molecule has 0 aliphatic carbocycles. The van der Waals surface area contributed by atoms with Crippen LogP contribution in [0.25, 0.3) is 0 Å². The zero-order chi connectivity index (χ0) is 32.1. The molecule has 2 N–H and O–H groups in total. The van der Waals surface area contributed by atoms with Crippen LogP contribution in [0.3, 0.4) is 0 Å². The van der Waals surface area contributed by atoms with Gasteiger partial charge in [0.2, 0.25) is 0 Å². The minimum absolute atomic E-state index is 0.119. The summed E-state index contributed by atoms with van der Waals surface area (Å²) in [6, 6.07) is 24.2. The minimum atomic E-state index is -0.119. The fraction of sp³-hybridized carbons (Fsp3) is 0.316. The molecule has 0 amide bonds. The molecule has 0 aliphatic rings. The molecular weight excluding hydrogens is 581 g/mol. The monoisotopic (exact) mass is 624 g/mol. The number of hydrogen-bond donors (Lipinski definition) is 2. The second-order valence-corrected chi connectivity index (χ2v) is 15.4. The first kappa shape index (κ1) is 33.4. The predicted octanol–water partition coefficient (Wildman–Crippen LogP) is 10.7. The van der Waals surface area contributed by atoms with Crippen molar-refractivity contribution < 1.29 is 10.2 Å². The molecule has 4 aromatic carbocycles. The number of aromatic hydroxyl groups is 2. The van der Waals surface area contributed by atoms with Crippen LogP contribution < -0.4 is 0 Å². The van der Waals surface area contributed by atoms with Crippen molar-refractivity contribution in [3.63, 3.8) is 0 Å². The van der Waals surface area contributed by atoms with E-state index in [9.17, 15) is 10.2 Å². The fourth-order valence-electron chi connectivity index (χ4n) is 5.01. The zero-order valence-electron chi connectivity index (χ0n) is 27.1. The van der Waals surface area contributed by atoms with Crippen LogP contribution in [0.2, 0.25) is 0 Å². The number of aryl methyl sites for hydroxylation is 2. The standard InChI is InChI=1S/C38H44N2O2S2/c1-25-19-29(37(3,4)5)27(33(41)21-25)23-39-31-13-9-11-15-35(31)43-17-18-44-36-16-12-10-14-32(36)40-24-28-30(38(6,7)8)20-26(2)22-34(28)42/h9-16,19-24,41-42H,17-18H2,1-8H3. The summed E-state index contributed by atoms with van der Waals surface area (Å²) in [5.41, 5.74) is 7.30. The summed E-state index contributed by atoms with van der Waals surface area (Å²) in [5, 5.41) is 21.5. The van der Waals surface area contributed by atoms with Gasteiger partial charge in [-0.1, -0.05) is 77.9 Å². The van der Waals surface area contributed by atoms with Gasteiger partial charge in [0.25, 0.3) is 0 Å². The highest BCUT2D eigenvalue weighted by Gasteiger charge is 2.21. The Kier molecular flexibility index (Phi) is 10.7. The van der Waals surface area contributed by atoms with E-state index in [0.717, 1.165) is 66.1 Å². The first-order chi connectivity index (χ1) is 20.7. The SMILES string of the molecule is Cc1cc(O)c(C=Nc2ccccc2SCCSc2ccccc2N=Cc2c(O)cc(C)cc2C(C)(C)C)c(C(C)(C)C)c1. The van der Waals surface area contributed by atoms with E-state index in [1.165, 1.54) is 0 Å². The highest BCUT2D eigenvalue weighted by atomic mass is 32.2. The van der Waals surface area contributed by atoms with Crippen molar-refractivity contribution in [1.29, 1.82) is 0 Å². The van der Waals surface area contributed by atoms with Crippen LogP contribution in [-0.4, -0.2) is 34.1 Å². The summed E-state index contributed by atoms with van der Waals surface area (Å²) in [5.74, 6) is 2.30. The molecule has 0 atom stereocenters. The van der Waals surface area contributed by atoms with Gasteiger partial charge in [-0.05, 0) is 83.3 Å². The number of phenols is 2. The Morgan fingerprint density at radius 1 is 0.591 bits per heavy atom. The number of thioether (sulfide) groups is 2. The maximum atomic E-state index is 10.7. The predicted molar refractivity (Wildman–Crippen MR) is 192 cm³/mol. The number of para-hydroxylation sites is 2. The molecule has 4 rings (SSSR count). The van der Waals surface area contributed by atoms with Gasteiger partial charge in [-0.15, -0.1) is 23.5 Å². The average Bonchev–Trinajstić information content (AvgIpc) is 2.94. The third-order valence-electron chi connectivity index (χ3n) is 7.22. The Bertz CT molecular complexity index is 1550. The maximum absolute atomic E-state index is 10.7. The number of hydrogen-bond acceptors (Lipinski definition) is 6. The summed E-state index contributed by atoms with van der Waals surface area (Å²) in [4.78, 5) is 11.9. The second-order valence-electron chi connectivity index (χ2n) is 13.1. The molecule has 0 radical (unpaired) electrons. The van der Waals surface area contributed by atoms with Crippen molar-refractivity contribution in [2.75, 3.05) is 11.5 Å². The summed E-state index contributed by atoms with van der Waals surface area (Å²) >= 11 is 3.55. The Labute approximate surface area is 271 Å². The van der Waals surface area contributed by atoms with E-state index in [2.05, 4.69) is 65.8 Å². The second kappa shape index (κ2) is 14.1. The fourth-order valence-corrected chi connectivity index (χ4v) is 7.01. The number of phenolic OH excluding ortho intramolecular Hbond substituents is 2. The lowest BCUT2D eigenvalue weighted by molar-refractivity contribution is 0.469. The van der Waals surface area contributed by atoms with E-state index in [0.29, 0.717) is 0 Å². The van der Waals surface area contributed by atoms with Crippen LogP contribution in [-0.2, 0) is 10.8 Å².